The van der Waals surface area contributed by atoms with E-state index in [0.717, 1.165) is 31.3 Å². The van der Waals surface area contributed by atoms with Crippen LogP contribution in [0.25, 0.3) is 0 Å². The zero-order valence-corrected chi connectivity index (χ0v) is 26.1. The molecule has 13 heteroatoms. The van der Waals surface area contributed by atoms with Gasteiger partial charge in [0.1, 0.15) is 29.2 Å². The summed E-state index contributed by atoms with van der Waals surface area (Å²) in [6.45, 7) is 9.79. The van der Waals surface area contributed by atoms with Crippen molar-refractivity contribution in [1.82, 2.24) is 20.1 Å². The van der Waals surface area contributed by atoms with Crippen LogP contribution in [-0.4, -0.2) is 71.6 Å². The molecule has 1 fully saturated rings. The van der Waals surface area contributed by atoms with Crippen molar-refractivity contribution in [2.75, 3.05) is 43.4 Å². The molecule has 0 aliphatic carbocycles. The van der Waals surface area contributed by atoms with Crippen LogP contribution in [0.2, 0.25) is 0 Å². The molecule has 0 unspecified atom stereocenters. The van der Waals surface area contributed by atoms with E-state index in [4.69, 9.17) is 9.47 Å². The number of piperazine rings is 1. The van der Waals surface area contributed by atoms with Crippen LogP contribution in [0, 0.1) is 0 Å². The highest BCUT2D eigenvalue weighted by Crippen LogP contribution is 2.35. The Balaban J connectivity index is 1.14. The molecule has 2 atom stereocenters. The molecule has 46 heavy (non-hydrogen) atoms. The maximum Gasteiger partial charge on any atom is 0.416 e. The fourth-order valence-corrected chi connectivity index (χ4v) is 5.43. The van der Waals surface area contributed by atoms with E-state index in [2.05, 4.69) is 32.8 Å². The van der Waals surface area contributed by atoms with Crippen LogP contribution in [0.15, 0.2) is 54.7 Å². The van der Waals surface area contributed by atoms with Gasteiger partial charge in [0.25, 0.3) is 0 Å². The molecule has 2 aliphatic heterocycles. The van der Waals surface area contributed by atoms with E-state index in [0.29, 0.717) is 49.0 Å². The molecule has 0 saturated carbocycles. The van der Waals surface area contributed by atoms with Crippen molar-refractivity contribution in [2.24, 2.45) is 0 Å². The highest BCUT2D eigenvalue weighted by molar-refractivity contribution is 5.93. The van der Waals surface area contributed by atoms with Crippen molar-refractivity contribution in [3.05, 3.63) is 71.4 Å². The highest BCUT2D eigenvalue weighted by atomic mass is 19.4. The van der Waals surface area contributed by atoms with Crippen molar-refractivity contribution in [2.45, 2.75) is 58.5 Å². The maximum absolute atomic E-state index is 14.0. The third kappa shape index (κ3) is 8.46. The molecule has 1 aromatic heterocycles. The second kappa shape index (κ2) is 14.4. The number of anilines is 2. The van der Waals surface area contributed by atoms with Crippen LogP contribution in [0.1, 0.15) is 43.9 Å². The number of urea groups is 1. The lowest BCUT2D eigenvalue weighted by molar-refractivity contribution is -0.138. The van der Waals surface area contributed by atoms with Crippen molar-refractivity contribution in [1.29, 1.82) is 0 Å². The highest BCUT2D eigenvalue weighted by Gasteiger charge is 2.34. The normalized spacial score (nSPS) is 17.0. The van der Waals surface area contributed by atoms with Gasteiger partial charge in [-0.05, 0) is 74.8 Å². The summed E-state index contributed by atoms with van der Waals surface area (Å²) in [4.78, 5) is 32.9. The zero-order chi connectivity index (χ0) is 32.8. The number of pyridine rings is 1. The summed E-state index contributed by atoms with van der Waals surface area (Å²) in [6, 6.07) is 11.5. The molecule has 246 valence electrons. The van der Waals surface area contributed by atoms with Gasteiger partial charge in [0.05, 0.1) is 11.6 Å². The minimum atomic E-state index is -4.56. The van der Waals surface area contributed by atoms with Gasteiger partial charge >= 0.3 is 12.2 Å². The largest absolute Gasteiger partial charge is 0.489 e. The number of hydrogen-bond donors (Lipinski definition) is 3. The third-order valence-corrected chi connectivity index (χ3v) is 8.29. The Kier molecular flexibility index (Phi) is 10.3. The second-order valence-electron chi connectivity index (χ2n) is 11.5. The maximum atomic E-state index is 14.0. The molecule has 2 aliphatic rings. The first-order chi connectivity index (χ1) is 22.0. The van der Waals surface area contributed by atoms with E-state index in [-0.39, 0.29) is 23.7 Å². The molecular formula is C33H39F3N6O4. The van der Waals surface area contributed by atoms with Gasteiger partial charge in [-0.1, -0.05) is 13.0 Å². The minimum Gasteiger partial charge on any atom is -0.489 e. The Bertz CT molecular complexity index is 1530. The summed E-state index contributed by atoms with van der Waals surface area (Å²) in [5.41, 5.74) is 0.319. The third-order valence-electron chi connectivity index (χ3n) is 8.29. The number of ether oxygens (including phenoxy) is 2. The SMILES string of the molecule is CCN1CCN(Cc2ccc(NC(=O)N[C@@H](C)[C@H](C)Oc3ccc(Oc4ccnc5c4CCC(=O)N5)cc3)cc2C(F)(F)F)CC1. The number of alkyl halides is 3. The van der Waals surface area contributed by atoms with Gasteiger partial charge in [-0.2, -0.15) is 13.2 Å². The summed E-state index contributed by atoms with van der Waals surface area (Å²) in [5.74, 6) is 2.14. The quantitative estimate of drug-likeness (QED) is 0.254. The monoisotopic (exact) mass is 640 g/mol. The summed E-state index contributed by atoms with van der Waals surface area (Å²) in [5, 5.41) is 8.02. The van der Waals surface area contributed by atoms with Gasteiger partial charge in [-0.25, -0.2) is 9.78 Å². The van der Waals surface area contributed by atoms with Crippen molar-refractivity contribution in [3.63, 3.8) is 0 Å². The molecule has 3 amide bonds. The number of benzene rings is 2. The van der Waals surface area contributed by atoms with E-state index >= 15 is 0 Å². The van der Waals surface area contributed by atoms with Gasteiger partial charge in [-0.15, -0.1) is 0 Å². The Labute approximate surface area is 266 Å². The zero-order valence-electron chi connectivity index (χ0n) is 26.1. The van der Waals surface area contributed by atoms with Crippen molar-refractivity contribution in [3.8, 4) is 17.2 Å². The molecule has 10 nitrogen and oxygen atoms in total. The lowest BCUT2D eigenvalue weighted by Gasteiger charge is -2.34. The molecule has 0 radical (unpaired) electrons. The fourth-order valence-electron chi connectivity index (χ4n) is 5.43. The van der Waals surface area contributed by atoms with Gasteiger partial charge in [0.15, 0.2) is 0 Å². The van der Waals surface area contributed by atoms with Gasteiger partial charge in [-0.3, -0.25) is 9.69 Å². The first-order valence-corrected chi connectivity index (χ1v) is 15.4. The average Bonchev–Trinajstić information content (AvgIpc) is 3.02. The van der Waals surface area contributed by atoms with Crippen molar-refractivity contribution >= 4 is 23.4 Å². The Morgan fingerprint density at radius 1 is 1.00 bits per heavy atom. The first-order valence-electron chi connectivity index (χ1n) is 15.4. The summed E-state index contributed by atoms with van der Waals surface area (Å²) in [7, 11) is 0. The number of carbonyl (C=O) groups is 2. The smallest absolute Gasteiger partial charge is 0.416 e. The molecule has 0 bridgehead atoms. The van der Waals surface area contributed by atoms with Crippen LogP contribution >= 0.6 is 0 Å². The molecule has 1 saturated heterocycles. The Morgan fingerprint density at radius 2 is 1.70 bits per heavy atom. The molecule has 3 N–H and O–H groups in total. The summed E-state index contributed by atoms with van der Waals surface area (Å²) >= 11 is 0. The van der Waals surface area contributed by atoms with Crippen LogP contribution in [0.3, 0.4) is 0 Å². The van der Waals surface area contributed by atoms with E-state index in [1.165, 1.54) is 12.1 Å². The predicted octanol–water partition coefficient (Wildman–Crippen LogP) is 5.89. The van der Waals surface area contributed by atoms with Crippen molar-refractivity contribution < 1.29 is 32.2 Å². The standard InChI is InChI=1S/C33H39F3N6O4/c1-4-41-15-17-42(18-16-41)20-23-5-6-24(19-28(23)33(34,35)36)39-32(44)38-21(2)22(3)45-25-7-9-26(10-8-25)46-29-13-14-37-31-27(29)11-12-30(43)40-31/h5-10,13-14,19,21-22H,4,11-12,15-18,20H2,1-3H3,(H,37,40,43)(H2,38,39,44)/t21-,22-/m0/s1. The number of likely N-dealkylation sites (N-methyl/N-ethyl adjacent to an activating group) is 1. The molecule has 3 heterocycles. The second-order valence-corrected chi connectivity index (χ2v) is 11.5. The van der Waals surface area contributed by atoms with E-state index in [1.807, 2.05) is 4.90 Å². The van der Waals surface area contributed by atoms with Crippen LogP contribution in [0.4, 0.5) is 29.5 Å². The topological polar surface area (TPSA) is 108 Å². The molecule has 5 rings (SSSR count). The molecular weight excluding hydrogens is 601 g/mol. The van der Waals surface area contributed by atoms with E-state index in [1.54, 1.807) is 50.4 Å². The summed E-state index contributed by atoms with van der Waals surface area (Å²) in [6.07, 6.45) is -2.55. The molecule has 2 aromatic carbocycles. The number of carbonyl (C=O) groups excluding carboxylic acids is 2. The number of aromatic nitrogens is 1. The van der Waals surface area contributed by atoms with E-state index in [9.17, 15) is 22.8 Å². The van der Waals surface area contributed by atoms with Crippen LogP contribution in [0.5, 0.6) is 17.2 Å². The van der Waals surface area contributed by atoms with Gasteiger partial charge in [0, 0.05) is 56.6 Å². The van der Waals surface area contributed by atoms with Gasteiger partial charge < -0.3 is 30.3 Å². The Hall–Kier alpha value is -4.36. The molecule has 0 spiro atoms. The summed E-state index contributed by atoms with van der Waals surface area (Å²) < 4.78 is 53.9. The first kappa shape index (κ1) is 33.0. The average molecular weight is 641 g/mol. The number of fused-ring (bicyclic) bond motifs is 1. The van der Waals surface area contributed by atoms with Crippen LogP contribution < -0.4 is 25.4 Å². The number of halogens is 3. The fraction of sp³-hybridized carbons (Fsp3) is 0.424. The molecule has 3 aromatic rings. The van der Waals surface area contributed by atoms with Crippen LogP contribution in [-0.2, 0) is 23.9 Å². The number of nitrogens with zero attached hydrogens (tertiary/aromatic N) is 3. The van der Waals surface area contributed by atoms with E-state index < -0.39 is 29.9 Å². The number of nitrogens with one attached hydrogen (secondary N) is 3. The van der Waals surface area contributed by atoms with Gasteiger partial charge in [0.2, 0.25) is 5.91 Å². The number of amides is 3. The minimum absolute atomic E-state index is 0.0542. The lowest BCUT2D eigenvalue weighted by Crippen LogP contribution is -2.45. The predicted molar refractivity (Wildman–Crippen MR) is 168 cm³/mol. The number of hydrogen-bond acceptors (Lipinski definition) is 7. The Morgan fingerprint density at radius 3 is 2.39 bits per heavy atom. The number of rotatable bonds is 10. The lowest BCUT2D eigenvalue weighted by atomic mass is 10.0.